The van der Waals surface area contributed by atoms with Crippen LogP contribution in [0.5, 0.6) is 5.75 Å². The number of nitrogens with zero attached hydrogens (tertiary/aromatic N) is 2. The van der Waals surface area contributed by atoms with Crippen molar-refractivity contribution in [2.75, 3.05) is 27.2 Å². The molecule has 0 bridgehead atoms. The van der Waals surface area contributed by atoms with E-state index in [1.54, 1.807) is 7.11 Å². The first-order valence-electron chi connectivity index (χ1n) is 6.11. The maximum absolute atomic E-state index is 11.6. The molecule has 0 unspecified atom stereocenters. The first-order valence-corrected chi connectivity index (χ1v) is 6.11. The molecule has 0 aliphatic rings. The van der Waals surface area contributed by atoms with E-state index < -0.39 is 0 Å². The smallest absolute Gasteiger partial charge is 0.234 e. The predicted molar refractivity (Wildman–Crippen MR) is 72.6 cm³/mol. The SMILES string of the molecule is COc1ccccc1CN(C)CC(=O)NCCC#N. The van der Waals surface area contributed by atoms with E-state index in [0.29, 0.717) is 26.1 Å². The lowest BCUT2D eigenvalue weighted by atomic mass is 10.2. The third-order valence-corrected chi connectivity index (χ3v) is 2.61. The van der Waals surface area contributed by atoms with Gasteiger partial charge in [-0.1, -0.05) is 18.2 Å². The minimum atomic E-state index is -0.0763. The average Bonchev–Trinajstić information content (AvgIpc) is 2.39. The van der Waals surface area contributed by atoms with Crippen LogP contribution in [0, 0.1) is 11.3 Å². The molecule has 0 aromatic heterocycles. The highest BCUT2D eigenvalue weighted by atomic mass is 16.5. The Balaban J connectivity index is 2.44. The van der Waals surface area contributed by atoms with Crippen molar-refractivity contribution in [3.63, 3.8) is 0 Å². The average molecular weight is 261 g/mol. The second-order valence-electron chi connectivity index (χ2n) is 4.24. The molecule has 5 nitrogen and oxygen atoms in total. The number of rotatable bonds is 7. The third kappa shape index (κ3) is 5.40. The molecule has 1 aromatic rings. The van der Waals surface area contributed by atoms with Gasteiger partial charge in [0.05, 0.1) is 26.1 Å². The Hall–Kier alpha value is -2.06. The first-order chi connectivity index (χ1) is 9.17. The summed E-state index contributed by atoms with van der Waals surface area (Å²) < 4.78 is 5.27. The summed E-state index contributed by atoms with van der Waals surface area (Å²) in [6.45, 7) is 1.33. The molecule has 1 amide bonds. The number of ether oxygens (including phenoxy) is 1. The maximum atomic E-state index is 11.6. The summed E-state index contributed by atoms with van der Waals surface area (Å²) in [5.41, 5.74) is 1.04. The molecule has 19 heavy (non-hydrogen) atoms. The Morgan fingerprint density at radius 2 is 2.21 bits per heavy atom. The number of nitriles is 1. The normalized spacial score (nSPS) is 10.0. The number of para-hydroxylation sites is 1. The summed E-state index contributed by atoms with van der Waals surface area (Å²) in [5.74, 6) is 0.742. The zero-order valence-electron chi connectivity index (χ0n) is 11.3. The van der Waals surface area contributed by atoms with E-state index in [9.17, 15) is 4.79 Å². The number of benzene rings is 1. The van der Waals surface area contributed by atoms with Crippen molar-refractivity contribution in [3.8, 4) is 11.8 Å². The molecule has 0 heterocycles. The van der Waals surface area contributed by atoms with Crippen LogP contribution in [-0.4, -0.2) is 38.1 Å². The van der Waals surface area contributed by atoms with E-state index in [2.05, 4.69) is 5.32 Å². The Morgan fingerprint density at radius 3 is 2.89 bits per heavy atom. The summed E-state index contributed by atoms with van der Waals surface area (Å²) >= 11 is 0. The van der Waals surface area contributed by atoms with Crippen molar-refractivity contribution in [3.05, 3.63) is 29.8 Å². The van der Waals surface area contributed by atoms with E-state index in [0.717, 1.165) is 11.3 Å². The van der Waals surface area contributed by atoms with Gasteiger partial charge in [-0.05, 0) is 13.1 Å². The monoisotopic (exact) mass is 261 g/mol. The molecule has 5 heteroatoms. The van der Waals surface area contributed by atoms with Crippen molar-refractivity contribution >= 4 is 5.91 Å². The number of carbonyl (C=O) groups is 1. The minimum absolute atomic E-state index is 0.0763. The molecule has 0 saturated carbocycles. The molecule has 0 atom stereocenters. The van der Waals surface area contributed by atoms with Crippen LogP contribution in [0.15, 0.2) is 24.3 Å². The zero-order chi connectivity index (χ0) is 14.1. The lowest BCUT2D eigenvalue weighted by Gasteiger charge is -2.17. The highest BCUT2D eigenvalue weighted by molar-refractivity contribution is 5.77. The number of amides is 1. The molecule has 0 fully saturated rings. The third-order valence-electron chi connectivity index (χ3n) is 2.61. The van der Waals surface area contributed by atoms with Crippen LogP contribution in [0.2, 0.25) is 0 Å². The van der Waals surface area contributed by atoms with E-state index in [1.165, 1.54) is 0 Å². The second-order valence-corrected chi connectivity index (χ2v) is 4.24. The zero-order valence-corrected chi connectivity index (χ0v) is 11.3. The topological polar surface area (TPSA) is 65.4 Å². The van der Waals surface area contributed by atoms with Crippen LogP contribution >= 0.6 is 0 Å². The number of likely N-dealkylation sites (N-methyl/N-ethyl adjacent to an activating group) is 1. The van der Waals surface area contributed by atoms with Crippen LogP contribution in [0.4, 0.5) is 0 Å². The Labute approximate surface area is 113 Å². The molecule has 1 N–H and O–H groups in total. The van der Waals surface area contributed by atoms with Gasteiger partial charge in [-0.3, -0.25) is 9.69 Å². The molecular formula is C14H19N3O2. The van der Waals surface area contributed by atoms with Gasteiger partial charge in [0, 0.05) is 18.7 Å². The number of nitrogens with one attached hydrogen (secondary N) is 1. The van der Waals surface area contributed by atoms with Crippen LogP contribution in [0.3, 0.4) is 0 Å². The fourth-order valence-electron chi connectivity index (χ4n) is 1.74. The molecule has 0 aliphatic heterocycles. The molecule has 102 valence electrons. The Bertz CT molecular complexity index is 454. The number of carbonyl (C=O) groups excluding carboxylic acids is 1. The summed E-state index contributed by atoms with van der Waals surface area (Å²) in [4.78, 5) is 13.5. The fourth-order valence-corrected chi connectivity index (χ4v) is 1.74. The fraction of sp³-hybridized carbons (Fsp3) is 0.429. The van der Waals surface area contributed by atoms with Gasteiger partial charge in [-0.15, -0.1) is 0 Å². The van der Waals surface area contributed by atoms with Gasteiger partial charge in [0.15, 0.2) is 0 Å². The van der Waals surface area contributed by atoms with Gasteiger partial charge < -0.3 is 10.1 Å². The molecule has 0 radical (unpaired) electrons. The van der Waals surface area contributed by atoms with Gasteiger partial charge in [0.1, 0.15) is 5.75 Å². The van der Waals surface area contributed by atoms with E-state index >= 15 is 0 Å². The first kappa shape index (κ1) is 15.0. The number of hydrogen-bond donors (Lipinski definition) is 1. The van der Waals surface area contributed by atoms with Crippen molar-refractivity contribution < 1.29 is 9.53 Å². The van der Waals surface area contributed by atoms with Crippen LogP contribution in [-0.2, 0) is 11.3 Å². The van der Waals surface area contributed by atoms with Gasteiger partial charge in [0.2, 0.25) is 5.91 Å². The van der Waals surface area contributed by atoms with Crippen molar-refractivity contribution in [1.82, 2.24) is 10.2 Å². The highest BCUT2D eigenvalue weighted by Gasteiger charge is 2.09. The molecule has 0 spiro atoms. The molecule has 0 saturated heterocycles. The van der Waals surface area contributed by atoms with Crippen LogP contribution in [0.25, 0.3) is 0 Å². The lowest BCUT2D eigenvalue weighted by Crippen LogP contribution is -2.35. The molecular weight excluding hydrogens is 242 g/mol. The van der Waals surface area contributed by atoms with Crippen molar-refractivity contribution in [2.45, 2.75) is 13.0 Å². The van der Waals surface area contributed by atoms with Gasteiger partial charge in [-0.2, -0.15) is 5.26 Å². The minimum Gasteiger partial charge on any atom is -0.496 e. The number of hydrogen-bond acceptors (Lipinski definition) is 4. The van der Waals surface area contributed by atoms with Crippen molar-refractivity contribution in [2.24, 2.45) is 0 Å². The molecule has 1 rings (SSSR count). The summed E-state index contributed by atoms with van der Waals surface area (Å²) in [5, 5.41) is 11.1. The standard InChI is InChI=1S/C14H19N3O2/c1-17(11-14(18)16-9-5-8-15)10-12-6-3-4-7-13(12)19-2/h3-4,6-7H,5,9-11H2,1-2H3,(H,16,18). The Kier molecular flexibility index (Phi) is 6.41. The summed E-state index contributed by atoms with van der Waals surface area (Å²) in [7, 11) is 3.50. The van der Waals surface area contributed by atoms with Crippen LogP contribution < -0.4 is 10.1 Å². The van der Waals surface area contributed by atoms with Gasteiger partial charge in [-0.25, -0.2) is 0 Å². The van der Waals surface area contributed by atoms with Gasteiger partial charge in [0.25, 0.3) is 0 Å². The van der Waals surface area contributed by atoms with E-state index in [-0.39, 0.29) is 5.91 Å². The van der Waals surface area contributed by atoms with E-state index in [1.807, 2.05) is 42.3 Å². The quantitative estimate of drug-likeness (QED) is 0.748. The van der Waals surface area contributed by atoms with E-state index in [4.69, 9.17) is 10.00 Å². The predicted octanol–water partition coefficient (Wildman–Crippen LogP) is 1.16. The largest absolute Gasteiger partial charge is 0.496 e. The van der Waals surface area contributed by atoms with Crippen LogP contribution in [0.1, 0.15) is 12.0 Å². The Morgan fingerprint density at radius 1 is 1.47 bits per heavy atom. The number of methoxy groups -OCH3 is 1. The second kappa shape index (κ2) is 8.11. The molecule has 0 aliphatic carbocycles. The molecule has 1 aromatic carbocycles. The lowest BCUT2D eigenvalue weighted by molar-refractivity contribution is -0.122. The summed E-state index contributed by atoms with van der Waals surface area (Å²) in [6.07, 6.45) is 0.335. The van der Waals surface area contributed by atoms with Crippen molar-refractivity contribution in [1.29, 1.82) is 5.26 Å². The van der Waals surface area contributed by atoms with Gasteiger partial charge >= 0.3 is 0 Å². The summed E-state index contributed by atoms with van der Waals surface area (Å²) in [6, 6.07) is 9.72. The maximum Gasteiger partial charge on any atom is 0.234 e. The highest BCUT2D eigenvalue weighted by Crippen LogP contribution is 2.18.